The molecule has 13 heavy (non-hydrogen) atoms. The van der Waals surface area contributed by atoms with Gasteiger partial charge in [-0.1, -0.05) is 19.0 Å². The van der Waals surface area contributed by atoms with Crippen molar-refractivity contribution in [3.63, 3.8) is 0 Å². The first-order valence-corrected chi connectivity index (χ1v) is 4.54. The Labute approximate surface area is 77.9 Å². The molecule has 1 rings (SSSR count). The Morgan fingerprint density at radius 3 is 2.85 bits per heavy atom. The molecule has 74 valence electrons. The number of hydrogen-bond acceptors (Lipinski definition) is 4. The van der Waals surface area contributed by atoms with Crippen LogP contribution in [0.2, 0.25) is 0 Å². The fourth-order valence-corrected chi connectivity index (χ4v) is 0.711. The SMILES string of the molecule is CC(C)CON=COC(=O)C1CC1. The van der Waals surface area contributed by atoms with E-state index in [-0.39, 0.29) is 11.9 Å². The van der Waals surface area contributed by atoms with Crippen molar-refractivity contribution < 1.29 is 14.4 Å². The minimum atomic E-state index is -0.197. The summed E-state index contributed by atoms with van der Waals surface area (Å²) >= 11 is 0. The summed E-state index contributed by atoms with van der Waals surface area (Å²) in [6.45, 7) is 4.58. The zero-order valence-electron chi connectivity index (χ0n) is 8.03. The van der Waals surface area contributed by atoms with E-state index in [1.165, 1.54) is 0 Å². The lowest BCUT2D eigenvalue weighted by Crippen LogP contribution is -2.05. The minimum Gasteiger partial charge on any atom is -0.411 e. The van der Waals surface area contributed by atoms with Crippen LogP contribution in [-0.2, 0) is 14.4 Å². The fourth-order valence-electron chi connectivity index (χ4n) is 0.711. The molecule has 0 N–H and O–H groups in total. The third-order valence-electron chi connectivity index (χ3n) is 1.60. The molecule has 0 radical (unpaired) electrons. The van der Waals surface area contributed by atoms with E-state index in [0.717, 1.165) is 19.2 Å². The second-order valence-electron chi connectivity index (χ2n) is 3.61. The van der Waals surface area contributed by atoms with Crippen LogP contribution in [0.4, 0.5) is 0 Å². The van der Waals surface area contributed by atoms with Crippen molar-refractivity contribution in [2.45, 2.75) is 26.7 Å². The van der Waals surface area contributed by atoms with Crippen molar-refractivity contribution in [2.75, 3.05) is 6.61 Å². The molecule has 0 heterocycles. The highest BCUT2D eigenvalue weighted by Gasteiger charge is 2.30. The number of oxime groups is 1. The summed E-state index contributed by atoms with van der Waals surface area (Å²) in [5, 5.41) is 3.49. The molecule has 0 aliphatic heterocycles. The van der Waals surface area contributed by atoms with E-state index in [4.69, 9.17) is 9.57 Å². The topological polar surface area (TPSA) is 47.9 Å². The Morgan fingerprint density at radius 2 is 2.31 bits per heavy atom. The van der Waals surface area contributed by atoms with E-state index in [9.17, 15) is 4.79 Å². The monoisotopic (exact) mass is 185 g/mol. The molecule has 1 aliphatic carbocycles. The normalized spacial score (nSPS) is 16.5. The van der Waals surface area contributed by atoms with Gasteiger partial charge in [0.25, 0.3) is 0 Å². The standard InChI is InChI=1S/C9H15NO3/c1-7(2)5-13-10-6-12-9(11)8-3-4-8/h6-8H,3-5H2,1-2H3. The number of ether oxygens (including phenoxy) is 1. The molecule has 0 aromatic rings. The third-order valence-corrected chi connectivity index (χ3v) is 1.60. The maximum absolute atomic E-state index is 10.9. The predicted octanol–water partition coefficient (Wildman–Crippen LogP) is 1.56. The predicted molar refractivity (Wildman–Crippen MR) is 48.1 cm³/mol. The van der Waals surface area contributed by atoms with E-state index in [1.807, 2.05) is 13.8 Å². The first kappa shape index (κ1) is 10.0. The summed E-state index contributed by atoms with van der Waals surface area (Å²) in [6, 6.07) is 0. The van der Waals surface area contributed by atoms with Gasteiger partial charge >= 0.3 is 5.97 Å². The Hall–Kier alpha value is -1.06. The van der Waals surface area contributed by atoms with Crippen molar-refractivity contribution >= 4 is 12.4 Å². The van der Waals surface area contributed by atoms with Crippen molar-refractivity contribution in [2.24, 2.45) is 17.0 Å². The molecule has 1 saturated carbocycles. The summed E-state index contributed by atoms with van der Waals surface area (Å²) < 4.78 is 4.69. The first-order chi connectivity index (χ1) is 6.20. The van der Waals surface area contributed by atoms with Crippen molar-refractivity contribution in [3.8, 4) is 0 Å². The Morgan fingerprint density at radius 1 is 1.62 bits per heavy atom. The quantitative estimate of drug-likeness (QED) is 0.282. The number of hydrogen-bond donors (Lipinski definition) is 0. The van der Waals surface area contributed by atoms with Crippen molar-refractivity contribution in [1.29, 1.82) is 0 Å². The highest BCUT2D eigenvalue weighted by atomic mass is 16.6. The molecular weight excluding hydrogens is 170 g/mol. The molecule has 0 aromatic heterocycles. The van der Waals surface area contributed by atoms with Gasteiger partial charge in [-0.05, 0) is 18.8 Å². The maximum atomic E-state index is 10.9. The number of esters is 1. The molecule has 0 unspecified atom stereocenters. The molecule has 1 aliphatic rings. The van der Waals surface area contributed by atoms with Gasteiger partial charge < -0.3 is 9.57 Å². The van der Waals surface area contributed by atoms with Gasteiger partial charge in [-0.3, -0.25) is 4.79 Å². The summed E-state index contributed by atoms with van der Waals surface area (Å²) in [5.74, 6) is 0.338. The molecule has 0 spiro atoms. The van der Waals surface area contributed by atoms with Gasteiger partial charge in [0.05, 0.1) is 5.92 Å². The number of carbonyl (C=O) groups is 1. The average Bonchev–Trinajstić information content (AvgIpc) is 2.85. The number of rotatable bonds is 5. The molecule has 0 amide bonds. The van der Waals surface area contributed by atoms with Crippen LogP contribution in [0, 0.1) is 11.8 Å². The molecule has 0 atom stereocenters. The summed E-state index contributed by atoms with van der Waals surface area (Å²) in [7, 11) is 0. The lowest BCUT2D eigenvalue weighted by Gasteiger charge is -2.00. The lowest BCUT2D eigenvalue weighted by atomic mass is 10.2. The van der Waals surface area contributed by atoms with Crippen molar-refractivity contribution in [1.82, 2.24) is 0 Å². The molecule has 0 aromatic carbocycles. The second-order valence-corrected chi connectivity index (χ2v) is 3.61. The van der Waals surface area contributed by atoms with Crippen LogP contribution in [0.3, 0.4) is 0 Å². The van der Waals surface area contributed by atoms with E-state index < -0.39 is 0 Å². The van der Waals surface area contributed by atoms with Crippen LogP contribution in [0.15, 0.2) is 5.16 Å². The minimum absolute atomic E-state index is 0.108. The molecule has 0 bridgehead atoms. The van der Waals surface area contributed by atoms with Crippen LogP contribution >= 0.6 is 0 Å². The summed E-state index contributed by atoms with van der Waals surface area (Å²) in [5.41, 5.74) is 0. The molecule has 4 nitrogen and oxygen atoms in total. The fraction of sp³-hybridized carbons (Fsp3) is 0.778. The molecular formula is C9H15NO3. The highest BCUT2D eigenvalue weighted by molar-refractivity contribution is 5.81. The largest absolute Gasteiger partial charge is 0.411 e. The zero-order valence-corrected chi connectivity index (χ0v) is 8.03. The number of carbonyl (C=O) groups excluding carboxylic acids is 1. The van der Waals surface area contributed by atoms with Crippen molar-refractivity contribution in [3.05, 3.63) is 0 Å². The van der Waals surface area contributed by atoms with Gasteiger partial charge in [0, 0.05) is 0 Å². The summed E-state index contributed by atoms with van der Waals surface area (Å²) in [6.07, 6.45) is 2.96. The smallest absolute Gasteiger partial charge is 0.315 e. The third kappa shape index (κ3) is 4.50. The highest BCUT2D eigenvalue weighted by Crippen LogP contribution is 2.29. The van der Waals surface area contributed by atoms with Gasteiger partial charge in [-0.2, -0.15) is 0 Å². The molecule has 4 heteroatoms. The van der Waals surface area contributed by atoms with E-state index in [1.54, 1.807) is 0 Å². The van der Waals surface area contributed by atoms with Crippen LogP contribution in [0.1, 0.15) is 26.7 Å². The van der Waals surface area contributed by atoms with Gasteiger partial charge in [-0.15, -0.1) is 0 Å². The van der Waals surface area contributed by atoms with Crippen LogP contribution in [-0.4, -0.2) is 19.0 Å². The van der Waals surface area contributed by atoms with Gasteiger partial charge in [0.2, 0.25) is 6.40 Å². The van der Waals surface area contributed by atoms with Crippen LogP contribution in [0.25, 0.3) is 0 Å². The van der Waals surface area contributed by atoms with E-state index in [2.05, 4.69) is 5.16 Å². The Balaban J connectivity index is 2.00. The van der Waals surface area contributed by atoms with Gasteiger partial charge in [0.1, 0.15) is 6.61 Å². The Bertz CT molecular complexity index is 197. The van der Waals surface area contributed by atoms with Crippen LogP contribution < -0.4 is 0 Å². The molecule has 0 saturated heterocycles. The average molecular weight is 185 g/mol. The zero-order chi connectivity index (χ0) is 9.68. The summed E-state index contributed by atoms with van der Waals surface area (Å²) in [4.78, 5) is 15.8. The lowest BCUT2D eigenvalue weighted by molar-refractivity contribution is -0.136. The maximum Gasteiger partial charge on any atom is 0.315 e. The van der Waals surface area contributed by atoms with Gasteiger partial charge in [0.15, 0.2) is 0 Å². The Kier molecular flexibility index (Phi) is 3.73. The first-order valence-electron chi connectivity index (χ1n) is 4.54. The van der Waals surface area contributed by atoms with E-state index >= 15 is 0 Å². The van der Waals surface area contributed by atoms with Crippen LogP contribution in [0.5, 0.6) is 0 Å². The second kappa shape index (κ2) is 4.84. The number of nitrogens with zero attached hydrogens (tertiary/aromatic N) is 1. The van der Waals surface area contributed by atoms with E-state index in [0.29, 0.717) is 12.5 Å². The van der Waals surface area contributed by atoms with Gasteiger partial charge in [-0.25, -0.2) is 0 Å². The molecule has 1 fully saturated rings.